The summed E-state index contributed by atoms with van der Waals surface area (Å²) in [6.45, 7) is 6.50. The second kappa shape index (κ2) is 8.12. The number of ether oxygens (including phenoxy) is 1. The Labute approximate surface area is 196 Å². The third-order valence-corrected chi connectivity index (χ3v) is 6.29. The first-order valence-electron chi connectivity index (χ1n) is 11.2. The predicted molar refractivity (Wildman–Crippen MR) is 126 cm³/mol. The van der Waals surface area contributed by atoms with E-state index in [2.05, 4.69) is 15.0 Å². The SMILES string of the molecule is Cn1c(-c2ccc(-n3ccnc3)cc2)nc2c(OC3CCN(C(=O)O)C3C(C)(C)C)ncnc21. The molecular weight excluding hydrogens is 434 g/mol. The molecule has 2 atom stereocenters. The molecule has 1 aliphatic rings. The van der Waals surface area contributed by atoms with Crippen molar-refractivity contribution in [1.29, 1.82) is 0 Å². The topological polar surface area (TPSA) is 111 Å². The van der Waals surface area contributed by atoms with Crippen molar-refractivity contribution >= 4 is 17.3 Å². The van der Waals surface area contributed by atoms with Crippen molar-refractivity contribution in [2.75, 3.05) is 6.54 Å². The van der Waals surface area contributed by atoms with Crippen molar-refractivity contribution in [3.8, 4) is 23.0 Å². The predicted octanol–water partition coefficient (Wildman–Crippen LogP) is 3.76. The van der Waals surface area contributed by atoms with Crippen LogP contribution < -0.4 is 4.74 Å². The Hall–Kier alpha value is -3.95. The highest BCUT2D eigenvalue weighted by Crippen LogP contribution is 2.36. The van der Waals surface area contributed by atoms with E-state index in [1.54, 1.807) is 12.5 Å². The van der Waals surface area contributed by atoms with Gasteiger partial charge in [0, 0.05) is 43.7 Å². The van der Waals surface area contributed by atoms with Crippen LogP contribution >= 0.6 is 0 Å². The second-order valence-corrected chi connectivity index (χ2v) is 9.59. The van der Waals surface area contributed by atoms with E-state index in [1.165, 1.54) is 11.2 Å². The molecule has 34 heavy (non-hydrogen) atoms. The third kappa shape index (κ3) is 3.74. The van der Waals surface area contributed by atoms with E-state index < -0.39 is 6.09 Å². The Kier molecular flexibility index (Phi) is 5.22. The van der Waals surface area contributed by atoms with Gasteiger partial charge in [-0.15, -0.1) is 0 Å². The molecule has 1 fully saturated rings. The largest absolute Gasteiger partial charge is 0.470 e. The lowest BCUT2D eigenvalue weighted by Gasteiger charge is -2.36. The Bertz CT molecular complexity index is 1320. The Morgan fingerprint density at radius 3 is 2.59 bits per heavy atom. The summed E-state index contributed by atoms with van der Waals surface area (Å²) >= 11 is 0. The summed E-state index contributed by atoms with van der Waals surface area (Å²) in [4.78, 5) is 31.0. The summed E-state index contributed by atoms with van der Waals surface area (Å²) in [6, 6.07) is 7.72. The fourth-order valence-corrected chi connectivity index (χ4v) is 4.79. The zero-order valence-electron chi connectivity index (χ0n) is 19.6. The van der Waals surface area contributed by atoms with Crippen LogP contribution in [0.3, 0.4) is 0 Å². The second-order valence-electron chi connectivity index (χ2n) is 9.59. The van der Waals surface area contributed by atoms with Crippen molar-refractivity contribution < 1.29 is 14.6 Å². The average Bonchev–Trinajstić information content (AvgIpc) is 3.53. The van der Waals surface area contributed by atoms with Crippen LogP contribution in [0.4, 0.5) is 4.79 Å². The maximum absolute atomic E-state index is 11.8. The number of amides is 1. The summed E-state index contributed by atoms with van der Waals surface area (Å²) in [5, 5.41) is 9.67. The van der Waals surface area contributed by atoms with Gasteiger partial charge < -0.3 is 23.9 Å². The molecule has 10 nitrogen and oxygen atoms in total. The number of benzene rings is 1. The zero-order valence-corrected chi connectivity index (χ0v) is 19.6. The smallest absolute Gasteiger partial charge is 0.407 e. The number of hydrogen-bond acceptors (Lipinski definition) is 6. The van der Waals surface area contributed by atoms with Gasteiger partial charge in [-0.2, -0.15) is 4.98 Å². The van der Waals surface area contributed by atoms with E-state index >= 15 is 0 Å². The minimum atomic E-state index is -0.932. The van der Waals surface area contributed by atoms with Gasteiger partial charge in [0.05, 0.1) is 12.4 Å². The first kappa shape index (κ1) is 21.9. The van der Waals surface area contributed by atoms with Gasteiger partial charge in [-0.3, -0.25) is 0 Å². The molecule has 2 unspecified atom stereocenters. The molecule has 0 bridgehead atoms. The number of nitrogens with zero attached hydrogens (tertiary/aromatic N) is 7. The van der Waals surface area contributed by atoms with Crippen molar-refractivity contribution in [3.63, 3.8) is 0 Å². The van der Waals surface area contributed by atoms with Gasteiger partial charge in [0.2, 0.25) is 5.88 Å². The van der Waals surface area contributed by atoms with Crippen LogP contribution in [-0.2, 0) is 7.05 Å². The first-order chi connectivity index (χ1) is 16.2. The number of hydrogen-bond donors (Lipinski definition) is 1. The summed E-state index contributed by atoms with van der Waals surface area (Å²) in [5.74, 6) is 1.11. The minimum absolute atomic E-state index is 0.294. The lowest BCUT2D eigenvalue weighted by Crippen LogP contribution is -2.48. The molecule has 5 rings (SSSR count). The number of likely N-dealkylation sites (tertiary alicyclic amines) is 1. The Balaban J connectivity index is 1.48. The first-order valence-corrected chi connectivity index (χ1v) is 11.2. The van der Waals surface area contributed by atoms with Crippen LogP contribution in [0, 0.1) is 5.41 Å². The van der Waals surface area contributed by atoms with Gasteiger partial charge in [0.1, 0.15) is 18.3 Å². The molecule has 4 aromatic rings. The highest BCUT2D eigenvalue weighted by Gasteiger charge is 2.45. The third-order valence-electron chi connectivity index (χ3n) is 6.29. The number of imidazole rings is 2. The van der Waals surface area contributed by atoms with Crippen LogP contribution in [0.25, 0.3) is 28.2 Å². The minimum Gasteiger partial charge on any atom is -0.470 e. The molecule has 0 radical (unpaired) electrons. The lowest BCUT2D eigenvalue weighted by atomic mass is 9.84. The number of carbonyl (C=O) groups is 1. The normalized spacial score (nSPS) is 18.5. The fourth-order valence-electron chi connectivity index (χ4n) is 4.79. The maximum Gasteiger partial charge on any atom is 0.407 e. The number of aromatic nitrogens is 6. The van der Waals surface area contributed by atoms with E-state index in [9.17, 15) is 9.90 Å². The quantitative estimate of drug-likeness (QED) is 0.492. The Morgan fingerprint density at radius 1 is 1.18 bits per heavy atom. The molecule has 1 N–H and O–H groups in total. The molecule has 0 spiro atoms. The number of fused-ring (bicyclic) bond motifs is 1. The van der Waals surface area contributed by atoms with Crippen LogP contribution in [0.5, 0.6) is 5.88 Å². The molecule has 1 aromatic carbocycles. The van der Waals surface area contributed by atoms with Gasteiger partial charge >= 0.3 is 6.09 Å². The van der Waals surface area contributed by atoms with Gasteiger partial charge in [-0.25, -0.2) is 19.7 Å². The van der Waals surface area contributed by atoms with E-state index in [1.807, 2.05) is 67.4 Å². The molecule has 176 valence electrons. The van der Waals surface area contributed by atoms with Crippen LogP contribution in [-0.4, -0.2) is 63.9 Å². The molecule has 3 aromatic heterocycles. The van der Waals surface area contributed by atoms with Crippen LogP contribution in [0.1, 0.15) is 27.2 Å². The maximum atomic E-state index is 11.8. The highest BCUT2D eigenvalue weighted by molar-refractivity contribution is 5.81. The van der Waals surface area contributed by atoms with E-state index in [0.29, 0.717) is 30.0 Å². The van der Waals surface area contributed by atoms with Gasteiger partial charge in [-0.05, 0) is 29.7 Å². The van der Waals surface area contributed by atoms with Crippen molar-refractivity contribution in [3.05, 3.63) is 49.3 Å². The van der Waals surface area contributed by atoms with Crippen molar-refractivity contribution in [2.24, 2.45) is 12.5 Å². The van der Waals surface area contributed by atoms with Crippen molar-refractivity contribution in [2.45, 2.75) is 39.3 Å². The van der Waals surface area contributed by atoms with Gasteiger partial charge in [-0.1, -0.05) is 20.8 Å². The summed E-state index contributed by atoms with van der Waals surface area (Å²) in [6.07, 6.45) is 6.18. The van der Waals surface area contributed by atoms with Gasteiger partial charge in [0.15, 0.2) is 11.2 Å². The number of aryl methyl sites for hydroxylation is 1. The molecule has 10 heteroatoms. The molecule has 0 aliphatic carbocycles. The van der Waals surface area contributed by atoms with E-state index in [-0.39, 0.29) is 17.6 Å². The number of carboxylic acid groups (broad SMARTS) is 1. The van der Waals surface area contributed by atoms with Crippen LogP contribution in [0.2, 0.25) is 0 Å². The molecule has 0 saturated carbocycles. The molecule has 1 aliphatic heterocycles. The number of rotatable bonds is 4. The standard InChI is InChI=1S/C24H27N7O3/c1-24(2,3)19-17(9-11-31(19)23(32)33)34-22-18-21(26-13-27-22)29(4)20(28-18)15-5-7-16(8-6-15)30-12-10-25-14-30/h5-8,10,12-14,17,19H,9,11H2,1-4H3,(H,32,33). The molecular formula is C24H27N7O3. The molecule has 1 amide bonds. The Morgan fingerprint density at radius 2 is 1.94 bits per heavy atom. The van der Waals surface area contributed by atoms with Gasteiger partial charge in [0.25, 0.3) is 0 Å². The fraction of sp³-hybridized carbons (Fsp3) is 0.375. The summed E-state index contributed by atoms with van der Waals surface area (Å²) in [7, 11) is 1.91. The monoisotopic (exact) mass is 461 g/mol. The molecule has 4 heterocycles. The summed E-state index contributed by atoms with van der Waals surface area (Å²) in [5.41, 5.74) is 2.85. The van der Waals surface area contributed by atoms with E-state index in [0.717, 1.165) is 17.1 Å². The zero-order chi connectivity index (χ0) is 24.0. The molecule has 1 saturated heterocycles. The van der Waals surface area contributed by atoms with Crippen molar-refractivity contribution in [1.82, 2.24) is 34.0 Å². The lowest BCUT2D eigenvalue weighted by molar-refractivity contribution is 0.0558. The van der Waals surface area contributed by atoms with Crippen LogP contribution in [0.15, 0.2) is 49.3 Å². The highest BCUT2D eigenvalue weighted by atomic mass is 16.5. The summed E-state index contributed by atoms with van der Waals surface area (Å²) < 4.78 is 10.2. The van der Waals surface area contributed by atoms with E-state index in [4.69, 9.17) is 9.72 Å². The average molecular weight is 462 g/mol.